The van der Waals surface area contributed by atoms with E-state index in [-0.39, 0.29) is 0 Å². The number of benzene rings is 9. The maximum atomic E-state index is 2.60. The van der Waals surface area contributed by atoms with Gasteiger partial charge in [-0.2, -0.15) is 0 Å². The average Bonchev–Trinajstić information content (AvgIpc) is 3.73. The van der Waals surface area contributed by atoms with Crippen LogP contribution in [0.2, 0.25) is 0 Å². The van der Waals surface area contributed by atoms with Gasteiger partial charge < -0.3 is 4.90 Å². The van der Waals surface area contributed by atoms with E-state index in [9.17, 15) is 0 Å². The smallest absolute Gasteiger partial charge is 0.182 e. The van der Waals surface area contributed by atoms with Crippen LogP contribution in [0.3, 0.4) is 0 Å². The molecular formula is C55H37NSSi. The zero-order chi connectivity index (χ0) is 38.3. The molecule has 0 aromatic heterocycles. The summed E-state index contributed by atoms with van der Waals surface area (Å²) in [6, 6.07) is 72.6. The van der Waals surface area contributed by atoms with Gasteiger partial charge in [-0.1, -0.05) is 168 Å². The molecule has 2 spiro atoms. The maximum absolute atomic E-state index is 2.65. The van der Waals surface area contributed by atoms with E-state index < -0.39 is 13.5 Å². The third-order valence-electron chi connectivity index (χ3n) is 13.6. The van der Waals surface area contributed by atoms with Crippen molar-refractivity contribution in [1.82, 2.24) is 0 Å². The lowest BCUT2D eigenvalue weighted by Crippen LogP contribution is -2.70. The summed E-state index contributed by atoms with van der Waals surface area (Å²) in [6.07, 6.45) is 0. The molecule has 0 atom stereocenters. The first-order valence-corrected chi connectivity index (χ1v) is 23.2. The fourth-order valence-electron chi connectivity index (χ4n) is 11.4. The molecule has 0 fully saturated rings. The van der Waals surface area contributed by atoms with E-state index in [0.717, 1.165) is 0 Å². The summed E-state index contributed by atoms with van der Waals surface area (Å²) in [7, 11) is -2.65. The van der Waals surface area contributed by atoms with Crippen LogP contribution >= 0.6 is 11.8 Å². The minimum Gasteiger partial charge on any atom is -0.310 e. The van der Waals surface area contributed by atoms with Gasteiger partial charge in [0.15, 0.2) is 8.07 Å². The second-order valence-corrected chi connectivity index (χ2v) is 21.3. The highest BCUT2D eigenvalue weighted by atomic mass is 32.2. The average molecular weight is 772 g/mol. The molecule has 0 bridgehead atoms. The zero-order valence-electron chi connectivity index (χ0n) is 32.3. The Hall–Kier alpha value is -6.39. The number of rotatable bonds is 1. The standard InChI is InChI=1S/C55H37NSSi/c1-34-23-27-49-45(29-34)55(46-30-35(2)24-28-50(46)57-49)43-18-8-9-19-47(43)56(48-32-37-14-4-3-13-36(37)31-44(48)55)38-25-26-42-41-17-7-12-22-53(41)58(54(42)33-38)51-20-10-5-15-39(51)40-16-6-11-21-52(40)58/h3-33H,1-2H3. The second kappa shape index (κ2) is 11.6. The Balaban J connectivity index is 1.15. The van der Waals surface area contributed by atoms with Crippen LogP contribution in [0.15, 0.2) is 198 Å². The molecule has 4 heterocycles. The number of anilines is 3. The predicted molar refractivity (Wildman–Crippen MR) is 246 cm³/mol. The van der Waals surface area contributed by atoms with Gasteiger partial charge in [-0.15, -0.1) is 0 Å². The molecule has 0 aliphatic carbocycles. The van der Waals surface area contributed by atoms with Crippen LogP contribution in [0.4, 0.5) is 17.1 Å². The molecule has 0 radical (unpaired) electrons. The normalized spacial score (nSPS) is 15.2. The van der Waals surface area contributed by atoms with E-state index in [1.165, 1.54) is 114 Å². The van der Waals surface area contributed by atoms with Crippen molar-refractivity contribution < 1.29 is 0 Å². The van der Waals surface area contributed by atoms with E-state index in [1.54, 1.807) is 0 Å². The molecule has 1 nitrogen and oxygen atoms in total. The number of para-hydroxylation sites is 1. The molecule has 58 heavy (non-hydrogen) atoms. The SMILES string of the molecule is Cc1ccc2c(c1)C1(c3cc(C)ccc3S2)c2ccccc2N(c2ccc3c(c2)[Si]2(c4ccccc4-c4ccccc42)c2ccccc2-3)c2cc3ccccc3cc21. The summed E-state index contributed by atoms with van der Waals surface area (Å²) >= 11 is 1.92. The van der Waals surface area contributed by atoms with Gasteiger partial charge in [-0.25, -0.2) is 0 Å². The van der Waals surface area contributed by atoms with Gasteiger partial charge in [0, 0.05) is 15.5 Å². The van der Waals surface area contributed by atoms with Crippen molar-refractivity contribution in [3.05, 3.63) is 221 Å². The molecule has 4 aliphatic heterocycles. The fourth-order valence-corrected chi connectivity index (χ4v) is 18.2. The number of hydrogen-bond donors (Lipinski definition) is 0. The molecule has 0 saturated heterocycles. The van der Waals surface area contributed by atoms with Gasteiger partial charge >= 0.3 is 0 Å². The molecule has 9 aromatic carbocycles. The largest absolute Gasteiger partial charge is 0.310 e. The second-order valence-electron chi connectivity index (χ2n) is 16.5. The monoisotopic (exact) mass is 771 g/mol. The summed E-state index contributed by atoms with van der Waals surface area (Å²) in [5.74, 6) is 0. The van der Waals surface area contributed by atoms with Gasteiger partial charge in [-0.3, -0.25) is 0 Å². The Morgan fingerprint density at radius 1 is 0.397 bits per heavy atom. The summed E-state index contributed by atoms with van der Waals surface area (Å²) in [5, 5.41) is 8.50. The van der Waals surface area contributed by atoms with Crippen molar-refractivity contribution in [2.75, 3.05) is 4.90 Å². The first-order valence-electron chi connectivity index (χ1n) is 20.3. The fraction of sp³-hybridized carbons (Fsp3) is 0.0545. The molecule has 9 aromatic rings. The molecule has 272 valence electrons. The van der Waals surface area contributed by atoms with Crippen LogP contribution in [-0.4, -0.2) is 8.07 Å². The van der Waals surface area contributed by atoms with Gasteiger partial charge in [0.2, 0.25) is 0 Å². The number of fused-ring (bicyclic) bond motifs is 19. The Morgan fingerprint density at radius 2 is 0.914 bits per heavy atom. The molecule has 3 heteroatoms. The predicted octanol–water partition coefficient (Wildman–Crippen LogP) is 11.4. The summed E-state index contributed by atoms with van der Waals surface area (Å²) in [5.41, 5.74) is 16.6. The lowest BCUT2D eigenvalue weighted by molar-refractivity contribution is 0.691. The minimum absolute atomic E-state index is 0.521. The quantitative estimate of drug-likeness (QED) is 0.153. The van der Waals surface area contributed by atoms with Crippen LogP contribution in [0, 0.1) is 13.8 Å². The Kier molecular flexibility index (Phi) is 6.53. The Bertz CT molecular complexity index is 3150. The summed E-state index contributed by atoms with van der Waals surface area (Å²) < 4.78 is 0. The van der Waals surface area contributed by atoms with E-state index in [0.29, 0.717) is 0 Å². The van der Waals surface area contributed by atoms with Crippen molar-refractivity contribution in [3.8, 4) is 22.3 Å². The van der Waals surface area contributed by atoms with Gasteiger partial charge in [0.25, 0.3) is 0 Å². The third-order valence-corrected chi connectivity index (χ3v) is 19.7. The van der Waals surface area contributed by atoms with Crippen LogP contribution < -0.4 is 25.6 Å². The molecular weight excluding hydrogens is 735 g/mol. The first-order chi connectivity index (χ1) is 28.6. The molecule has 13 rings (SSSR count). The highest BCUT2D eigenvalue weighted by Crippen LogP contribution is 2.63. The number of aryl methyl sites for hydroxylation is 2. The van der Waals surface area contributed by atoms with E-state index in [2.05, 4.69) is 207 Å². The van der Waals surface area contributed by atoms with Crippen molar-refractivity contribution in [1.29, 1.82) is 0 Å². The van der Waals surface area contributed by atoms with Crippen LogP contribution in [0.1, 0.15) is 33.4 Å². The minimum atomic E-state index is -2.65. The van der Waals surface area contributed by atoms with Crippen LogP contribution in [0.25, 0.3) is 33.0 Å². The van der Waals surface area contributed by atoms with Crippen molar-refractivity contribution in [2.45, 2.75) is 29.1 Å². The first kappa shape index (κ1) is 32.7. The molecule has 4 aliphatic rings. The van der Waals surface area contributed by atoms with E-state index in [4.69, 9.17) is 0 Å². The Morgan fingerprint density at radius 3 is 1.53 bits per heavy atom. The number of nitrogens with zero attached hydrogens (tertiary/aromatic N) is 1. The molecule has 0 saturated carbocycles. The van der Waals surface area contributed by atoms with Gasteiger partial charge in [0.1, 0.15) is 0 Å². The lowest BCUT2D eigenvalue weighted by atomic mass is 9.61. The summed E-state index contributed by atoms with van der Waals surface area (Å²) in [4.78, 5) is 5.25. The highest BCUT2D eigenvalue weighted by Gasteiger charge is 2.55. The lowest BCUT2D eigenvalue weighted by Gasteiger charge is -2.49. The van der Waals surface area contributed by atoms with Gasteiger partial charge in [-0.05, 0) is 132 Å². The Labute approximate surface area is 344 Å². The highest BCUT2D eigenvalue weighted by molar-refractivity contribution is 7.99. The van der Waals surface area contributed by atoms with Crippen molar-refractivity contribution >= 4 is 68.4 Å². The van der Waals surface area contributed by atoms with E-state index in [1.807, 2.05) is 11.8 Å². The van der Waals surface area contributed by atoms with Crippen molar-refractivity contribution in [3.63, 3.8) is 0 Å². The third kappa shape index (κ3) is 3.98. The topological polar surface area (TPSA) is 3.24 Å². The maximum Gasteiger partial charge on any atom is 0.182 e. The zero-order valence-corrected chi connectivity index (χ0v) is 34.1. The van der Waals surface area contributed by atoms with Crippen LogP contribution in [-0.2, 0) is 5.41 Å². The van der Waals surface area contributed by atoms with E-state index >= 15 is 0 Å². The summed E-state index contributed by atoms with van der Waals surface area (Å²) in [6.45, 7) is 4.49. The molecule has 0 amide bonds. The van der Waals surface area contributed by atoms with Crippen LogP contribution in [0.5, 0.6) is 0 Å². The molecule has 0 unspecified atom stereocenters. The van der Waals surface area contributed by atoms with Gasteiger partial charge in [0.05, 0.1) is 16.8 Å². The number of hydrogen-bond acceptors (Lipinski definition) is 2. The molecule has 0 N–H and O–H groups in total. The van der Waals surface area contributed by atoms with Crippen molar-refractivity contribution in [2.24, 2.45) is 0 Å².